The molecule has 0 aliphatic rings. The SMILES string of the molecule is CCCS(=O)(=O)Nc1cccc(C(=O)N(C)Cc2nccn2C(F)F)c1. The van der Waals surface area contributed by atoms with E-state index in [4.69, 9.17) is 0 Å². The van der Waals surface area contributed by atoms with Crippen LogP contribution < -0.4 is 4.72 Å². The smallest absolute Gasteiger partial charge is 0.319 e. The topological polar surface area (TPSA) is 84.3 Å². The van der Waals surface area contributed by atoms with Crippen LogP contribution in [0.1, 0.15) is 36.1 Å². The number of nitrogens with one attached hydrogen (secondary N) is 1. The second-order valence-corrected chi connectivity index (χ2v) is 7.53. The molecule has 2 rings (SSSR count). The Balaban J connectivity index is 2.14. The van der Waals surface area contributed by atoms with Crippen LogP contribution in [0.5, 0.6) is 0 Å². The summed E-state index contributed by atoms with van der Waals surface area (Å²) in [5, 5.41) is 0. The van der Waals surface area contributed by atoms with Crippen molar-refractivity contribution in [2.75, 3.05) is 17.5 Å². The first kappa shape index (κ1) is 19.8. The molecule has 0 fully saturated rings. The van der Waals surface area contributed by atoms with Crippen molar-refractivity contribution in [1.29, 1.82) is 0 Å². The van der Waals surface area contributed by atoms with E-state index >= 15 is 0 Å². The van der Waals surface area contributed by atoms with Gasteiger partial charge in [0, 0.05) is 30.7 Å². The van der Waals surface area contributed by atoms with Crippen LogP contribution in [-0.2, 0) is 16.6 Å². The molecule has 7 nitrogen and oxygen atoms in total. The zero-order valence-corrected chi connectivity index (χ0v) is 15.2. The molecule has 0 radical (unpaired) electrons. The first-order valence-electron chi connectivity index (χ1n) is 7.89. The van der Waals surface area contributed by atoms with Crippen molar-refractivity contribution in [2.45, 2.75) is 26.4 Å². The molecule has 0 atom stereocenters. The number of hydrogen-bond acceptors (Lipinski definition) is 4. The van der Waals surface area contributed by atoms with Gasteiger partial charge in [-0.15, -0.1) is 0 Å². The molecule has 1 N–H and O–H groups in total. The minimum atomic E-state index is -3.48. The Labute approximate surface area is 150 Å². The molecule has 0 bridgehead atoms. The van der Waals surface area contributed by atoms with Gasteiger partial charge in [0.2, 0.25) is 10.0 Å². The van der Waals surface area contributed by atoms with Crippen LogP contribution in [0.15, 0.2) is 36.7 Å². The van der Waals surface area contributed by atoms with Gasteiger partial charge in [0.15, 0.2) is 0 Å². The largest absolute Gasteiger partial charge is 0.334 e. The van der Waals surface area contributed by atoms with Crippen molar-refractivity contribution in [3.63, 3.8) is 0 Å². The predicted molar refractivity (Wildman–Crippen MR) is 93.4 cm³/mol. The van der Waals surface area contributed by atoms with Gasteiger partial charge in [-0.05, 0) is 24.6 Å². The predicted octanol–water partition coefficient (Wildman–Crippen LogP) is 2.70. The maximum absolute atomic E-state index is 12.9. The fraction of sp³-hybridized carbons (Fsp3) is 0.375. The van der Waals surface area contributed by atoms with Gasteiger partial charge in [0.05, 0.1) is 12.3 Å². The number of hydrogen-bond donors (Lipinski definition) is 1. The van der Waals surface area contributed by atoms with Gasteiger partial charge in [-0.3, -0.25) is 14.1 Å². The van der Waals surface area contributed by atoms with Crippen LogP contribution >= 0.6 is 0 Å². The highest BCUT2D eigenvalue weighted by Crippen LogP contribution is 2.17. The maximum atomic E-state index is 12.9. The number of alkyl halides is 2. The third-order valence-corrected chi connectivity index (χ3v) is 5.03. The van der Waals surface area contributed by atoms with Gasteiger partial charge >= 0.3 is 6.55 Å². The van der Waals surface area contributed by atoms with Gasteiger partial charge in [0.1, 0.15) is 5.82 Å². The van der Waals surface area contributed by atoms with Crippen LogP contribution in [0, 0.1) is 0 Å². The zero-order chi connectivity index (χ0) is 19.3. The second-order valence-electron chi connectivity index (χ2n) is 5.69. The number of amides is 1. The number of nitrogens with zero attached hydrogens (tertiary/aromatic N) is 3. The van der Waals surface area contributed by atoms with Gasteiger partial charge < -0.3 is 4.90 Å². The lowest BCUT2D eigenvalue weighted by atomic mass is 10.2. The number of sulfonamides is 1. The average Bonchev–Trinajstić information content (AvgIpc) is 3.02. The van der Waals surface area contributed by atoms with Crippen molar-refractivity contribution in [3.8, 4) is 0 Å². The molecule has 1 amide bonds. The number of halogens is 2. The van der Waals surface area contributed by atoms with Gasteiger partial charge in [-0.25, -0.2) is 13.4 Å². The van der Waals surface area contributed by atoms with Crippen molar-refractivity contribution in [3.05, 3.63) is 48.0 Å². The van der Waals surface area contributed by atoms with Crippen LogP contribution in [-0.4, -0.2) is 41.6 Å². The van der Waals surface area contributed by atoms with Crippen LogP contribution in [0.4, 0.5) is 14.5 Å². The molecule has 0 aliphatic carbocycles. The summed E-state index contributed by atoms with van der Waals surface area (Å²) in [6.07, 6.45) is 2.85. The summed E-state index contributed by atoms with van der Waals surface area (Å²) in [7, 11) is -2.02. The van der Waals surface area contributed by atoms with Crippen molar-refractivity contribution < 1.29 is 22.0 Å². The Kier molecular flexibility index (Phi) is 6.30. The first-order valence-corrected chi connectivity index (χ1v) is 9.54. The van der Waals surface area contributed by atoms with Gasteiger partial charge in [-0.2, -0.15) is 8.78 Å². The molecule has 142 valence electrons. The van der Waals surface area contributed by atoms with E-state index in [0.29, 0.717) is 11.0 Å². The standard InChI is InChI=1S/C16H20F2N4O3S/c1-3-9-26(24,25)20-13-6-4-5-12(10-13)15(23)21(2)11-14-19-7-8-22(14)16(17)18/h4-8,10,16,20H,3,9,11H2,1-2H3. The molecule has 1 aromatic heterocycles. The van der Waals surface area contributed by atoms with E-state index in [1.807, 2.05) is 0 Å². The average molecular weight is 386 g/mol. The number of carbonyl (C=O) groups is 1. The van der Waals surface area contributed by atoms with Crippen LogP contribution in [0.2, 0.25) is 0 Å². The molecular formula is C16H20F2N4O3S. The Morgan fingerprint density at radius 1 is 1.38 bits per heavy atom. The minimum Gasteiger partial charge on any atom is -0.334 e. The van der Waals surface area contributed by atoms with E-state index in [0.717, 1.165) is 6.20 Å². The van der Waals surface area contributed by atoms with E-state index in [1.54, 1.807) is 13.0 Å². The fourth-order valence-electron chi connectivity index (χ4n) is 2.36. The Hall–Kier alpha value is -2.49. The lowest BCUT2D eigenvalue weighted by molar-refractivity contribution is 0.0612. The summed E-state index contributed by atoms with van der Waals surface area (Å²) < 4.78 is 52.5. The molecule has 0 aliphatic heterocycles. The highest BCUT2D eigenvalue weighted by Gasteiger charge is 2.18. The number of benzene rings is 1. The summed E-state index contributed by atoms with van der Waals surface area (Å²) in [5.74, 6) is -0.414. The highest BCUT2D eigenvalue weighted by atomic mass is 32.2. The summed E-state index contributed by atoms with van der Waals surface area (Å²) in [4.78, 5) is 17.6. The molecule has 1 aromatic carbocycles. The van der Waals surface area contributed by atoms with Gasteiger partial charge in [0.25, 0.3) is 5.91 Å². The number of aromatic nitrogens is 2. The third kappa shape index (κ3) is 5.01. The second kappa shape index (κ2) is 8.26. The molecule has 0 unspecified atom stereocenters. The molecule has 0 saturated carbocycles. The number of anilines is 1. The Morgan fingerprint density at radius 2 is 2.12 bits per heavy atom. The third-order valence-electron chi connectivity index (χ3n) is 3.54. The van der Waals surface area contributed by atoms with E-state index in [2.05, 4.69) is 9.71 Å². The van der Waals surface area contributed by atoms with Crippen molar-refractivity contribution in [2.24, 2.45) is 0 Å². The van der Waals surface area contributed by atoms with Crippen molar-refractivity contribution >= 4 is 21.6 Å². The van der Waals surface area contributed by atoms with E-state index in [-0.39, 0.29) is 29.4 Å². The minimum absolute atomic E-state index is 0.0264. The Morgan fingerprint density at radius 3 is 2.77 bits per heavy atom. The lowest BCUT2D eigenvalue weighted by Gasteiger charge is -2.18. The Bertz CT molecular complexity index is 868. The van der Waals surface area contributed by atoms with E-state index < -0.39 is 22.5 Å². The normalized spacial score (nSPS) is 11.6. The molecule has 10 heteroatoms. The number of imidazole rings is 1. The van der Waals surface area contributed by atoms with Crippen LogP contribution in [0.25, 0.3) is 0 Å². The van der Waals surface area contributed by atoms with Crippen molar-refractivity contribution in [1.82, 2.24) is 14.5 Å². The zero-order valence-electron chi connectivity index (χ0n) is 14.4. The summed E-state index contributed by atoms with van der Waals surface area (Å²) in [6.45, 7) is -1.10. The van der Waals surface area contributed by atoms with Crippen LogP contribution in [0.3, 0.4) is 0 Å². The van der Waals surface area contributed by atoms with E-state index in [1.165, 1.54) is 36.3 Å². The first-order chi connectivity index (χ1) is 12.2. The number of carbonyl (C=O) groups excluding carboxylic acids is 1. The summed E-state index contributed by atoms with van der Waals surface area (Å²) in [5.41, 5.74) is 0.506. The molecule has 0 saturated heterocycles. The maximum Gasteiger partial charge on any atom is 0.319 e. The molecule has 1 heterocycles. The lowest BCUT2D eigenvalue weighted by Crippen LogP contribution is -2.28. The summed E-state index contributed by atoms with van der Waals surface area (Å²) in [6, 6.07) is 6.01. The fourth-order valence-corrected chi connectivity index (χ4v) is 3.49. The quantitative estimate of drug-likeness (QED) is 0.756. The summed E-state index contributed by atoms with van der Waals surface area (Å²) >= 11 is 0. The molecule has 0 spiro atoms. The molecular weight excluding hydrogens is 366 g/mol. The molecule has 2 aromatic rings. The highest BCUT2D eigenvalue weighted by molar-refractivity contribution is 7.92. The van der Waals surface area contributed by atoms with Gasteiger partial charge in [-0.1, -0.05) is 13.0 Å². The van der Waals surface area contributed by atoms with E-state index in [9.17, 15) is 22.0 Å². The number of rotatable bonds is 8. The molecule has 26 heavy (non-hydrogen) atoms. The monoisotopic (exact) mass is 386 g/mol.